The Morgan fingerprint density at radius 1 is 1.33 bits per heavy atom. The van der Waals surface area contributed by atoms with Crippen LogP contribution < -0.4 is 10.2 Å². The standard InChI is InChI=1S/C15H12BrClN2O2/c1-21-14-7-6-11(16)8-10(14)9-18-19-15(20)12-4-2-3-5-13(12)17/h2-9H,1H3,(H,19,20)/b18-9+. The Balaban J connectivity index is 2.11. The summed E-state index contributed by atoms with van der Waals surface area (Å²) in [4.78, 5) is 11.9. The molecule has 0 saturated heterocycles. The number of hydrogen-bond acceptors (Lipinski definition) is 3. The highest BCUT2D eigenvalue weighted by Crippen LogP contribution is 2.21. The number of methoxy groups -OCH3 is 1. The first-order valence-corrected chi connectivity index (χ1v) is 7.20. The molecule has 4 nitrogen and oxygen atoms in total. The van der Waals surface area contributed by atoms with Crippen molar-refractivity contribution in [2.24, 2.45) is 5.10 Å². The predicted octanol–water partition coefficient (Wildman–Crippen LogP) is 3.88. The smallest absolute Gasteiger partial charge is 0.272 e. The topological polar surface area (TPSA) is 50.7 Å². The number of halogens is 2. The lowest BCUT2D eigenvalue weighted by Crippen LogP contribution is -2.18. The van der Waals surface area contributed by atoms with Gasteiger partial charge in [0.25, 0.3) is 5.91 Å². The molecule has 0 aromatic heterocycles. The van der Waals surface area contributed by atoms with E-state index < -0.39 is 0 Å². The first kappa shape index (κ1) is 15.5. The Morgan fingerprint density at radius 2 is 2.10 bits per heavy atom. The van der Waals surface area contributed by atoms with E-state index in [4.69, 9.17) is 16.3 Å². The fraction of sp³-hybridized carbons (Fsp3) is 0.0667. The third-order valence-corrected chi connectivity index (χ3v) is 3.50. The molecule has 2 rings (SSSR count). The van der Waals surface area contributed by atoms with Gasteiger partial charge in [0.1, 0.15) is 5.75 Å². The van der Waals surface area contributed by atoms with Gasteiger partial charge in [-0.15, -0.1) is 0 Å². The molecule has 0 bridgehead atoms. The maximum Gasteiger partial charge on any atom is 0.272 e. The normalized spacial score (nSPS) is 10.6. The largest absolute Gasteiger partial charge is 0.496 e. The minimum atomic E-state index is -0.370. The summed E-state index contributed by atoms with van der Waals surface area (Å²) >= 11 is 9.32. The summed E-state index contributed by atoms with van der Waals surface area (Å²) in [7, 11) is 1.57. The number of rotatable bonds is 4. The van der Waals surface area contributed by atoms with Crippen molar-refractivity contribution in [3.05, 3.63) is 63.1 Å². The summed E-state index contributed by atoms with van der Waals surface area (Å²) in [5.41, 5.74) is 3.55. The van der Waals surface area contributed by atoms with Gasteiger partial charge < -0.3 is 4.74 Å². The van der Waals surface area contributed by atoms with E-state index in [0.29, 0.717) is 16.3 Å². The number of hydrogen-bond donors (Lipinski definition) is 1. The Kier molecular flexibility index (Phi) is 5.36. The van der Waals surface area contributed by atoms with Gasteiger partial charge in [0.15, 0.2) is 0 Å². The number of benzene rings is 2. The lowest BCUT2D eigenvalue weighted by atomic mass is 10.2. The molecule has 0 radical (unpaired) electrons. The number of carbonyl (C=O) groups excluding carboxylic acids is 1. The molecule has 0 fully saturated rings. The number of amides is 1. The fourth-order valence-electron chi connectivity index (χ4n) is 1.67. The van der Waals surface area contributed by atoms with E-state index in [1.54, 1.807) is 37.4 Å². The molecule has 0 atom stereocenters. The third-order valence-electron chi connectivity index (χ3n) is 2.68. The van der Waals surface area contributed by atoms with Crippen LogP contribution in [0.5, 0.6) is 5.75 Å². The number of hydrazone groups is 1. The van der Waals surface area contributed by atoms with Crippen LogP contribution in [0.4, 0.5) is 0 Å². The maximum atomic E-state index is 11.9. The fourth-order valence-corrected chi connectivity index (χ4v) is 2.27. The summed E-state index contributed by atoms with van der Waals surface area (Å²) in [6.45, 7) is 0. The molecule has 21 heavy (non-hydrogen) atoms. The summed E-state index contributed by atoms with van der Waals surface area (Å²) in [6, 6.07) is 12.3. The van der Waals surface area contributed by atoms with Gasteiger partial charge in [-0.3, -0.25) is 4.79 Å². The Bertz CT molecular complexity index is 689. The van der Waals surface area contributed by atoms with Gasteiger partial charge in [0, 0.05) is 10.0 Å². The minimum absolute atomic E-state index is 0.370. The van der Waals surface area contributed by atoms with Gasteiger partial charge in [-0.1, -0.05) is 39.7 Å². The molecule has 0 heterocycles. The second-order valence-electron chi connectivity index (χ2n) is 4.07. The highest BCUT2D eigenvalue weighted by Gasteiger charge is 2.08. The molecule has 2 aromatic rings. The Hall–Kier alpha value is -1.85. The molecule has 1 amide bonds. The molecule has 108 valence electrons. The molecule has 1 N–H and O–H groups in total. The second kappa shape index (κ2) is 7.24. The van der Waals surface area contributed by atoms with E-state index in [2.05, 4.69) is 26.5 Å². The monoisotopic (exact) mass is 366 g/mol. The predicted molar refractivity (Wildman–Crippen MR) is 87.2 cm³/mol. The molecule has 6 heteroatoms. The van der Waals surface area contributed by atoms with Crippen LogP contribution >= 0.6 is 27.5 Å². The lowest BCUT2D eigenvalue weighted by molar-refractivity contribution is 0.0955. The maximum absolute atomic E-state index is 11.9. The van der Waals surface area contributed by atoms with E-state index in [1.807, 2.05) is 12.1 Å². The van der Waals surface area contributed by atoms with E-state index >= 15 is 0 Å². The van der Waals surface area contributed by atoms with Gasteiger partial charge in [-0.25, -0.2) is 5.43 Å². The third kappa shape index (κ3) is 4.06. The highest BCUT2D eigenvalue weighted by molar-refractivity contribution is 9.10. The van der Waals surface area contributed by atoms with Crippen LogP contribution in [0.1, 0.15) is 15.9 Å². The van der Waals surface area contributed by atoms with E-state index in [1.165, 1.54) is 6.21 Å². The van der Waals surface area contributed by atoms with Gasteiger partial charge in [0.2, 0.25) is 0 Å². The molecule has 0 aliphatic carbocycles. The van der Waals surface area contributed by atoms with E-state index in [-0.39, 0.29) is 5.91 Å². The van der Waals surface area contributed by atoms with Crippen LogP contribution in [0.25, 0.3) is 0 Å². The van der Waals surface area contributed by atoms with E-state index in [9.17, 15) is 4.79 Å². The lowest BCUT2D eigenvalue weighted by Gasteiger charge is -2.05. The van der Waals surface area contributed by atoms with E-state index in [0.717, 1.165) is 10.0 Å². The molecule has 2 aromatic carbocycles. The first-order chi connectivity index (χ1) is 10.1. The van der Waals surface area contributed by atoms with Crippen LogP contribution in [0.2, 0.25) is 5.02 Å². The zero-order chi connectivity index (χ0) is 15.2. The van der Waals surface area contributed by atoms with Gasteiger partial charge in [-0.05, 0) is 30.3 Å². The van der Waals surface area contributed by atoms with Crippen molar-refractivity contribution < 1.29 is 9.53 Å². The minimum Gasteiger partial charge on any atom is -0.496 e. The van der Waals surface area contributed by atoms with Crippen molar-refractivity contribution >= 4 is 39.7 Å². The van der Waals surface area contributed by atoms with Crippen LogP contribution in [-0.4, -0.2) is 19.2 Å². The summed E-state index contributed by atoms with van der Waals surface area (Å²) in [6.07, 6.45) is 1.51. The molecular formula is C15H12BrClN2O2. The Morgan fingerprint density at radius 3 is 2.81 bits per heavy atom. The second-order valence-corrected chi connectivity index (χ2v) is 5.39. The molecule has 0 spiro atoms. The van der Waals surface area contributed by atoms with Crippen molar-refractivity contribution in [2.75, 3.05) is 7.11 Å². The van der Waals surface area contributed by atoms with Crippen molar-refractivity contribution in [3.8, 4) is 5.75 Å². The molecule has 0 aliphatic heterocycles. The average Bonchev–Trinajstić information content (AvgIpc) is 2.48. The molecular weight excluding hydrogens is 356 g/mol. The van der Waals surface area contributed by atoms with Crippen LogP contribution in [0.3, 0.4) is 0 Å². The highest BCUT2D eigenvalue weighted by atomic mass is 79.9. The van der Waals surface area contributed by atoms with Crippen molar-refractivity contribution in [1.82, 2.24) is 5.43 Å². The molecule has 0 unspecified atom stereocenters. The number of ether oxygens (including phenoxy) is 1. The number of carbonyl (C=O) groups is 1. The van der Waals surface area contributed by atoms with Crippen LogP contribution in [0, 0.1) is 0 Å². The zero-order valence-electron chi connectivity index (χ0n) is 11.1. The molecule has 0 saturated carbocycles. The zero-order valence-corrected chi connectivity index (χ0v) is 13.5. The Labute approximate surface area is 135 Å². The SMILES string of the molecule is COc1ccc(Br)cc1/C=N/NC(=O)c1ccccc1Cl. The van der Waals surface area contributed by atoms with Crippen molar-refractivity contribution in [2.45, 2.75) is 0 Å². The van der Waals surface area contributed by atoms with Gasteiger partial charge in [0.05, 0.1) is 23.9 Å². The first-order valence-electron chi connectivity index (χ1n) is 6.03. The van der Waals surface area contributed by atoms with Gasteiger partial charge >= 0.3 is 0 Å². The van der Waals surface area contributed by atoms with Crippen molar-refractivity contribution in [1.29, 1.82) is 0 Å². The summed E-state index contributed by atoms with van der Waals surface area (Å²) in [5, 5.41) is 4.30. The van der Waals surface area contributed by atoms with Gasteiger partial charge in [-0.2, -0.15) is 5.10 Å². The summed E-state index contributed by atoms with van der Waals surface area (Å²) in [5.74, 6) is 0.291. The summed E-state index contributed by atoms with van der Waals surface area (Å²) < 4.78 is 6.11. The van der Waals surface area contributed by atoms with Crippen LogP contribution in [0.15, 0.2) is 52.0 Å². The van der Waals surface area contributed by atoms with Crippen LogP contribution in [-0.2, 0) is 0 Å². The quantitative estimate of drug-likeness (QED) is 0.659. The van der Waals surface area contributed by atoms with Crippen molar-refractivity contribution in [3.63, 3.8) is 0 Å². The average molecular weight is 368 g/mol. The number of nitrogens with zero attached hydrogens (tertiary/aromatic N) is 1. The molecule has 0 aliphatic rings. The number of nitrogens with one attached hydrogen (secondary N) is 1.